The van der Waals surface area contributed by atoms with Gasteiger partial charge in [-0.25, -0.2) is 0 Å². The minimum atomic E-state index is -1.06. The van der Waals surface area contributed by atoms with Gasteiger partial charge in [-0.2, -0.15) is 0 Å². The highest BCUT2D eigenvalue weighted by Gasteiger charge is 2.28. The fourth-order valence-corrected chi connectivity index (χ4v) is 3.61. The van der Waals surface area contributed by atoms with Gasteiger partial charge in [0.25, 0.3) is 0 Å². The molecule has 0 aliphatic carbocycles. The number of para-hydroxylation sites is 1. The van der Waals surface area contributed by atoms with Gasteiger partial charge >= 0.3 is 11.9 Å². The van der Waals surface area contributed by atoms with E-state index < -0.39 is 24.0 Å². The Labute approximate surface area is 169 Å². The Bertz CT molecular complexity index is 995. The van der Waals surface area contributed by atoms with Crippen LogP contribution < -0.4 is 5.32 Å². The number of carboxylic acids is 2. The van der Waals surface area contributed by atoms with Crippen LogP contribution in [0, 0.1) is 5.92 Å². The maximum absolute atomic E-state index is 12.0. The maximum Gasteiger partial charge on any atom is 0.321 e. The van der Waals surface area contributed by atoms with Gasteiger partial charge < -0.3 is 14.8 Å². The van der Waals surface area contributed by atoms with Crippen molar-refractivity contribution in [2.75, 3.05) is 0 Å². The molecular formula is C23H26N2O4. The molecular weight excluding hydrogens is 368 g/mol. The number of nitrogens with zero attached hydrogens (tertiary/aromatic N) is 1. The summed E-state index contributed by atoms with van der Waals surface area (Å²) < 4.78 is 1.99. The van der Waals surface area contributed by atoms with Crippen LogP contribution in [-0.2, 0) is 16.0 Å². The van der Waals surface area contributed by atoms with E-state index in [1.54, 1.807) is 0 Å². The van der Waals surface area contributed by atoms with Crippen molar-refractivity contribution in [2.45, 2.75) is 38.8 Å². The second-order valence-corrected chi connectivity index (χ2v) is 7.65. The topological polar surface area (TPSA) is 91.6 Å². The molecule has 152 valence electrons. The number of fused-ring (bicyclic) bond motifs is 1. The zero-order valence-corrected chi connectivity index (χ0v) is 16.6. The molecule has 6 nitrogen and oxygen atoms in total. The number of hydrogen-bond acceptors (Lipinski definition) is 3. The third kappa shape index (κ3) is 4.84. The number of aromatic nitrogens is 1. The number of carboxylic acid groups (broad SMARTS) is 2. The smallest absolute Gasteiger partial charge is 0.321 e. The van der Waals surface area contributed by atoms with Crippen molar-refractivity contribution < 1.29 is 19.8 Å². The molecule has 6 heteroatoms. The number of benzene rings is 2. The first-order chi connectivity index (χ1) is 13.9. The molecule has 2 aromatic carbocycles. The molecule has 0 fully saturated rings. The molecule has 3 N–H and O–H groups in total. The summed E-state index contributed by atoms with van der Waals surface area (Å²) in [5.74, 6) is -1.97. The highest BCUT2D eigenvalue weighted by molar-refractivity contribution is 5.87. The molecule has 0 saturated heterocycles. The molecule has 3 aromatic rings. The largest absolute Gasteiger partial charge is 0.480 e. The van der Waals surface area contributed by atoms with Crippen LogP contribution in [0.15, 0.2) is 60.8 Å². The molecule has 0 aliphatic rings. The summed E-state index contributed by atoms with van der Waals surface area (Å²) in [7, 11) is 0. The van der Waals surface area contributed by atoms with Crippen molar-refractivity contribution in [1.82, 2.24) is 9.88 Å². The van der Waals surface area contributed by atoms with Crippen molar-refractivity contribution in [3.8, 4) is 5.69 Å². The minimum Gasteiger partial charge on any atom is -0.480 e. The van der Waals surface area contributed by atoms with Gasteiger partial charge in [0.1, 0.15) is 12.1 Å². The Hall–Kier alpha value is -3.12. The SMILES string of the molecule is CC(C)CC(NC(Cc1c2ccccc2cn1-c1ccccc1)C(=O)O)C(=O)O. The predicted molar refractivity (Wildman–Crippen MR) is 112 cm³/mol. The quantitative estimate of drug-likeness (QED) is 0.515. The van der Waals surface area contributed by atoms with Gasteiger partial charge in [-0.1, -0.05) is 56.3 Å². The summed E-state index contributed by atoms with van der Waals surface area (Å²) in [6.45, 7) is 3.84. The summed E-state index contributed by atoms with van der Waals surface area (Å²) >= 11 is 0. The fourth-order valence-electron chi connectivity index (χ4n) is 3.61. The molecule has 0 spiro atoms. The monoisotopic (exact) mass is 394 g/mol. The highest BCUT2D eigenvalue weighted by Crippen LogP contribution is 2.26. The van der Waals surface area contributed by atoms with E-state index in [1.807, 2.05) is 79.2 Å². The lowest BCUT2D eigenvalue weighted by Gasteiger charge is -2.22. The Morgan fingerprint density at radius 3 is 2.17 bits per heavy atom. The van der Waals surface area contributed by atoms with Crippen molar-refractivity contribution in [3.63, 3.8) is 0 Å². The number of hydrogen-bond donors (Lipinski definition) is 3. The standard InChI is InChI=1S/C23H26N2O4/c1-15(2)12-19(22(26)27)24-20(23(28)29)13-21-18-11-7-6-8-16(18)14-25(21)17-9-4-3-5-10-17/h3-11,14-15,19-20,24H,12-13H2,1-2H3,(H,26,27)(H,28,29). The first-order valence-corrected chi connectivity index (χ1v) is 9.73. The summed E-state index contributed by atoms with van der Waals surface area (Å²) in [4.78, 5) is 23.6. The van der Waals surface area contributed by atoms with E-state index in [1.165, 1.54) is 0 Å². The average Bonchev–Trinajstić information content (AvgIpc) is 3.05. The van der Waals surface area contributed by atoms with E-state index in [0.717, 1.165) is 22.2 Å². The predicted octanol–water partition coefficient (Wildman–Crippen LogP) is 3.72. The molecule has 29 heavy (non-hydrogen) atoms. The van der Waals surface area contributed by atoms with E-state index in [2.05, 4.69) is 5.32 Å². The molecule has 2 unspecified atom stereocenters. The van der Waals surface area contributed by atoms with Gasteiger partial charge in [-0.15, -0.1) is 0 Å². The lowest BCUT2D eigenvalue weighted by Crippen LogP contribution is -2.49. The van der Waals surface area contributed by atoms with Gasteiger partial charge in [-0.05, 0) is 24.5 Å². The fraction of sp³-hybridized carbons (Fsp3) is 0.304. The van der Waals surface area contributed by atoms with Crippen LogP contribution in [-0.4, -0.2) is 38.8 Å². The van der Waals surface area contributed by atoms with Crippen LogP contribution in [0.25, 0.3) is 16.5 Å². The Balaban J connectivity index is 2.00. The molecule has 0 saturated carbocycles. The van der Waals surface area contributed by atoms with Gasteiger partial charge in [0, 0.05) is 34.8 Å². The summed E-state index contributed by atoms with van der Waals surface area (Å²) in [5, 5.41) is 24.1. The van der Waals surface area contributed by atoms with E-state index in [9.17, 15) is 19.8 Å². The summed E-state index contributed by atoms with van der Waals surface area (Å²) in [5.41, 5.74) is 1.76. The molecule has 3 rings (SSSR count). The normalized spacial score (nSPS) is 13.5. The molecule has 1 heterocycles. The third-order valence-corrected chi connectivity index (χ3v) is 4.97. The van der Waals surface area contributed by atoms with Crippen LogP contribution in [0.5, 0.6) is 0 Å². The number of rotatable bonds is 9. The van der Waals surface area contributed by atoms with E-state index in [-0.39, 0.29) is 12.3 Å². The molecule has 2 atom stereocenters. The summed E-state index contributed by atoms with van der Waals surface area (Å²) in [6.07, 6.45) is 2.51. The lowest BCUT2D eigenvalue weighted by molar-refractivity contribution is -0.142. The summed E-state index contributed by atoms with van der Waals surface area (Å²) in [6, 6.07) is 15.6. The molecule has 0 amide bonds. The second-order valence-electron chi connectivity index (χ2n) is 7.65. The first kappa shape index (κ1) is 20.6. The second kappa shape index (κ2) is 8.92. The van der Waals surface area contributed by atoms with Crippen molar-refractivity contribution in [3.05, 3.63) is 66.5 Å². The lowest BCUT2D eigenvalue weighted by atomic mass is 10.0. The molecule has 1 aromatic heterocycles. The Morgan fingerprint density at radius 1 is 0.931 bits per heavy atom. The van der Waals surface area contributed by atoms with Crippen LogP contribution >= 0.6 is 0 Å². The van der Waals surface area contributed by atoms with Gasteiger partial charge in [0.2, 0.25) is 0 Å². The first-order valence-electron chi connectivity index (χ1n) is 9.73. The van der Waals surface area contributed by atoms with Crippen LogP contribution in [0.4, 0.5) is 0 Å². The van der Waals surface area contributed by atoms with Crippen LogP contribution in [0.3, 0.4) is 0 Å². The molecule has 0 aliphatic heterocycles. The highest BCUT2D eigenvalue weighted by atomic mass is 16.4. The Kier molecular flexibility index (Phi) is 6.34. The Morgan fingerprint density at radius 2 is 1.55 bits per heavy atom. The molecule has 0 radical (unpaired) electrons. The van der Waals surface area contributed by atoms with Gasteiger partial charge in [-0.3, -0.25) is 14.9 Å². The maximum atomic E-state index is 12.0. The minimum absolute atomic E-state index is 0.132. The van der Waals surface area contributed by atoms with Gasteiger partial charge in [0.05, 0.1) is 0 Å². The zero-order chi connectivity index (χ0) is 21.0. The van der Waals surface area contributed by atoms with Crippen LogP contribution in [0.1, 0.15) is 26.0 Å². The van der Waals surface area contributed by atoms with Gasteiger partial charge in [0.15, 0.2) is 0 Å². The van der Waals surface area contributed by atoms with Crippen molar-refractivity contribution >= 4 is 22.7 Å². The number of aliphatic carboxylic acids is 2. The van der Waals surface area contributed by atoms with E-state index in [4.69, 9.17) is 0 Å². The van der Waals surface area contributed by atoms with Crippen LogP contribution in [0.2, 0.25) is 0 Å². The van der Waals surface area contributed by atoms with Crippen molar-refractivity contribution in [2.24, 2.45) is 5.92 Å². The number of carbonyl (C=O) groups is 2. The van der Waals surface area contributed by atoms with Crippen molar-refractivity contribution in [1.29, 1.82) is 0 Å². The molecule has 0 bridgehead atoms. The zero-order valence-electron chi connectivity index (χ0n) is 16.6. The average molecular weight is 394 g/mol. The number of nitrogens with one attached hydrogen (secondary N) is 1. The third-order valence-electron chi connectivity index (χ3n) is 4.97. The van der Waals surface area contributed by atoms with E-state index >= 15 is 0 Å². The van der Waals surface area contributed by atoms with E-state index in [0.29, 0.717) is 6.42 Å².